The summed E-state index contributed by atoms with van der Waals surface area (Å²) in [6.45, 7) is 7.37. The highest BCUT2D eigenvalue weighted by atomic mass is 32.2. The number of rotatable bonds is 2. The van der Waals surface area contributed by atoms with Gasteiger partial charge in [-0.15, -0.1) is 0 Å². The molecule has 0 unspecified atom stereocenters. The zero-order chi connectivity index (χ0) is 12.3. The van der Waals surface area contributed by atoms with Crippen molar-refractivity contribution >= 4 is 9.73 Å². The van der Waals surface area contributed by atoms with E-state index in [2.05, 4.69) is 23.8 Å². The average molecular weight is 259 g/mol. The van der Waals surface area contributed by atoms with Gasteiger partial charge in [-0.05, 0) is 39.5 Å². The minimum atomic E-state index is -1.89. The van der Waals surface area contributed by atoms with Crippen LogP contribution < -0.4 is 0 Å². The van der Waals surface area contributed by atoms with Crippen LogP contribution in [0, 0.1) is 0 Å². The minimum absolute atomic E-state index is 0.354. The Morgan fingerprint density at radius 1 is 1.18 bits per heavy atom. The first-order valence-corrected chi connectivity index (χ1v) is 8.59. The first-order valence-electron chi connectivity index (χ1n) is 6.74. The number of hydrogen-bond donors (Lipinski definition) is 0. The van der Waals surface area contributed by atoms with Crippen molar-refractivity contribution < 1.29 is 4.21 Å². The maximum absolute atomic E-state index is 12.6. The van der Waals surface area contributed by atoms with E-state index in [1.165, 1.54) is 0 Å². The molecule has 0 aromatic heterocycles. The fourth-order valence-corrected chi connectivity index (χ4v) is 4.81. The van der Waals surface area contributed by atoms with Gasteiger partial charge in [0, 0.05) is 34.3 Å². The fourth-order valence-electron chi connectivity index (χ4n) is 2.55. The lowest BCUT2D eigenvalue weighted by Crippen LogP contribution is -2.41. The van der Waals surface area contributed by atoms with Gasteiger partial charge in [0.15, 0.2) is 0 Å². The molecule has 0 bridgehead atoms. The molecule has 2 heterocycles. The van der Waals surface area contributed by atoms with E-state index in [-0.39, 0.29) is 0 Å². The second-order valence-corrected chi connectivity index (χ2v) is 7.83. The summed E-state index contributed by atoms with van der Waals surface area (Å²) in [6, 6.07) is 0.354. The molecule has 100 valence electrons. The maximum Gasteiger partial charge on any atom is 0.0618 e. The topological polar surface area (TPSA) is 35.9 Å². The number of likely N-dealkylation sites (tertiary alicyclic amines) is 1. The van der Waals surface area contributed by atoms with Gasteiger partial charge in [0.1, 0.15) is 0 Å². The fraction of sp³-hybridized carbons (Fsp3) is 1.00. The standard InChI is InChI=1S/C12H25N3OS/c1-3-15-8-10-17(16,11-9-15)13-12-4-6-14(2)7-5-12/h12H,3-11H2,1-2H3. The van der Waals surface area contributed by atoms with Gasteiger partial charge < -0.3 is 9.80 Å². The molecular formula is C12H25N3OS. The summed E-state index contributed by atoms with van der Waals surface area (Å²) in [5.74, 6) is 1.57. The van der Waals surface area contributed by atoms with Crippen molar-refractivity contribution in [2.75, 3.05) is 51.3 Å². The van der Waals surface area contributed by atoms with Crippen molar-refractivity contribution in [3.8, 4) is 0 Å². The van der Waals surface area contributed by atoms with E-state index in [0.29, 0.717) is 6.04 Å². The molecule has 0 atom stereocenters. The van der Waals surface area contributed by atoms with Gasteiger partial charge in [-0.1, -0.05) is 6.92 Å². The summed E-state index contributed by atoms with van der Waals surface area (Å²) in [4.78, 5) is 4.70. The molecule has 0 spiro atoms. The van der Waals surface area contributed by atoms with Crippen LogP contribution in [0.5, 0.6) is 0 Å². The van der Waals surface area contributed by atoms with Crippen LogP contribution in [0.15, 0.2) is 4.36 Å². The molecule has 2 aliphatic rings. The lowest BCUT2D eigenvalue weighted by atomic mass is 10.1. The van der Waals surface area contributed by atoms with E-state index in [1.54, 1.807) is 0 Å². The maximum atomic E-state index is 12.6. The van der Waals surface area contributed by atoms with Gasteiger partial charge >= 0.3 is 0 Å². The summed E-state index contributed by atoms with van der Waals surface area (Å²) in [5.41, 5.74) is 0. The molecule has 17 heavy (non-hydrogen) atoms. The van der Waals surface area contributed by atoms with E-state index in [0.717, 1.165) is 57.1 Å². The molecule has 2 saturated heterocycles. The molecule has 0 aromatic rings. The van der Waals surface area contributed by atoms with Crippen LogP contribution in [0.1, 0.15) is 19.8 Å². The molecule has 2 rings (SSSR count). The summed E-state index contributed by atoms with van der Waals surface area (Å²) in [5, 5.41) is 0. The quantitative estimate of drug-likeness (QED) is 0.739. The van der Waals surface area contributed by atoms with Crippen molar-refractivity contribution in [2.24, 2.45) is 4.36 Å². The van der Waals surface area contributed by atoms with Crippen molar-refractivity contribution in [2.45, 2.75) is 25.8 Å². The molecule has 0 saturated carbocycles. The van der Waals surface area contributed by atoms with Gasteiger partial charge in [0.2, 0.25) is 0 Å². The molecule has 2 fully saturated rings. The van der Waals surface area contributed by atoms with Gasteiger partial charge in [0.25, 0.3) is 0 Å². The smallest absolute Gasteiger partial charge is 0.0618 e. The van der Waals surface area contributed by atoms with E-state index < -0.39 is 9.73 Å². The van der Waals surface area contributed by atoms with Crippen LogP contribution in [-0.2, 0) is 9.73 Å². The molecule has 0 radical (unpaired) electrons. The average Bonchev–Trinajstić information content (AvgIpc) is 2.33. The van der Waals surface area contributed by atoms with Crippen LogP contribution in [0.2, 0.25) is 0 Å². The Bertz CT molecular complexity index is 341. The molecule has 0 aliphatic carbocycles. The van der Waals surface area contributed by atoms with E-state index in [4.69, 9.17) is 4.36 Å². The van der Waals surface area contributed by atoms with Crippen molar-refractivity contribution in [3.63, 3.8) is 0 Å². The largest absolute Gasteiger partial charge is 0.306 e. The third-order valence-corrected chi connectivity index (χ3v) is 6.25. The molecular weight excluding hydrogens is 234 g/mol. The zero-order valence-corrected chi connectivity index (χ0v) is 11.9. The Hall–Kier alpha value is -0.130. The lowest BCUT2D eigenvalue weighted by Gasteiger charge is -2.30. The third kappa shape index (κ3) is 3.66. The first kappa shape index (κ1) is 13.3. The summed E-state index contributed by atoms with van der Waals surface area (Å²) < 4.78 is 17.3. The Labute approximate surface area is 106 Å². The highest BCUT2D eigenvalue weighted by Gasteiger charge is 2.23. The normalized spacial score (nSPS) is 28.1. The van der Waals surface area contributed by atoms with E-state index >= 15 is 0 Å². The Morgan fingerprint density at radius 3 is 2.29 bits per heavy atom. The predicted octanol–water partition coefficient (Wildman–Crippen LogP) is 0.884. The van der Waals surface area contributed by atoms with Gasteiger partial charge in [-0.3, -0.25) is 0 Å². The molecule has 5 heteroatoms. The van der Waals surface area contributed by atoms with Gasteiger partial charge in [-0.2, -0.15) is 0 Å². The third-order valence-electron chi connectivity index (χ3n) is 3.93. The lowest BCUT2D eigenvalue weighted by molar-refractivity contribution is 0.257. The van der Waals surface area contributed by atoms with Gasteiger partial charge in [-0.25, -0.2) is 8.57 Å². The molecule has 0 aromatic carbocycles. The number of nitrogens with zero attached hydrogens (tertiary/aromatic N) is 3. The van der Waals surface area contributed by atoms with Crippen molar-refractivity contribution in [3.05, 3.63) is 0 Å². The van der Waals surface area contributed by atoms with E-state index in [1.807, 2.05) is 0 Å². The Balaban J connectivity index is 1.94. The zero-order valence-electron chi connectivity index (χ0n) is 11.1. The Morgan fingerprint density at radius 2 is 1.76 bits per heavy atom. The monoisotopic (exact) mass is 259 g/mol. The van der Waals surface area contributed by atoms with Gasteiger partial charge in [0.05, 0.1) is 6.04 Å². The first-order chi connectivity index (χ1) is 8.11. The minimum Gasteiger partial charge on any atom is -0.306 e. The van der Waals surface area contributed by atoms with Crippen LogP contribution in [0.25, 0.3) is 0 Å². The molecule has 0 N–H and O–H groups in total. The van der Waals surface area contributed by atoms with Crippen LogP contribution in [0.3, 0.4) is 0 Å². The second-order valence-electron chi connectivity index (χ2n) is 5.25. The van der Waals surface area contributed by atoms with Crippen LogP contribution in [0.4, 0.5) is 0 Å². The summed E-state index contributed by atoms with van der Waals surface area (Å²) in [7, 11) is 0.263. The molecule has 4 nitrogen and oxygen atoms in total. The summed E-state index contributed by atoms with van der Waals surface area (Å²) >= 11 is 0. The summed E-state index contributed by atoms with van der Waals surface area (Å²) in [6.07, 6.45) is 2.18. The number of hydrogen-bond acceptors (Lipinski definition) is 4. The SMILES string of the molecule is CCN1CCS(=O)(=NC2CCN(C)CC2)CC1. The van der Waals surface area contributed by atoms with Crippen molar-refractivity contribution in [1.29, 1.82) is 0 Å². The highest BCUT2D eigenvalue weighted by Crippen LogP contribution is 2.16. The molecule has 2 aliphatic heterocycles. The predicted molar refractivity (Wildman–Crippen MR) is 72.9 cm³/mol. The molecule has 0 amide bonds. The van der Waals surface area contributed by atoms with Crippen LogP contribution >= 0.6 is 0 Å². The van der Waals surface area contributed by atoms with Crippen molar-refractivity contribution in [1.82, 2.24) is 9.80 Å². The number of piperidine rings is 1. The highest BCUT2D eigenvalue weighted by molar-refractivity contribution is 7.93. The Kier molecular flexibility index (Phi) is 4.44. The van der Waals surface area contributed by atoms with Crippen LogP contribution in [-0.4, -0.2) is 71.3 Å². The second kappa shape index (κ2) is 5.67. The van der Waals surface area contributed by atoms with E-state index in [9.17, 15) is 4.21 Å².